The zero-order valence-electron chi connectivity index (χ0n) is 13.1. The molecule has 4 aromatic rings. The zero-order chi connectivity index (χ0) is 16.5. The van der Waals surface area contributed by atoms with Crippen LogP contribution in [0.15, 0.2) is 67.0 Å². The summed E-state index contributed by atoms with van der Waals surface area (Å²) in [6.45, 7) is 2.05. The first-order valence-corrected chi connectivity index (χ1v) is 7.65. The zero-order valence-corrected chi connectivity index (χ0v) is 13.1. The van der Waals surface area contributed by atoms with E-state index in [0.29, 0.717) is 0 Å². The lowest BCUT2D eigenvalue weighted by Crippen LogP contribution is -1.93. The van der Waals surface area contributed by atoms with Gasteiger partial charge in [0.15, 0.2) is 0 Å². The van der Waals surface area contributed by atoms with Crippen LogP contribution in [0.5, 0.6) is 0 Å². The Hall–Kier alpha value is -3.14. The van der Waals surface area contributed by atoms with E-state index in [4.69, 9.17) is 4.98 Å². The molecule has 4 rings (SSSR count). The summed E-state index contributed by atoms with van der Waals surface area (Å²) in [5, 5.41) is 0. The second-order valence-electron chi connectivity index (χ2n) is 5.66. The SMILES string of the molecule is Cc1ccc(-c2ncnc3ccc(-c4ccc(F)cc4)nc23)cc1. The van der Waals surface area contributed by atoms with E-state index in [1.54, 1.807) is 18.5 Å². The first-order valence-electron chi connectivity index (χ1n) is 7.65. The highest BCUT2D eigenvalue weighted by molar-refractivity contribution is 5.90. The largest absolute Gasteiger partial charge is 0.244 e. The van der Waals surface area contributed by atoms with Gasteiger partial charge in [-0.15, -0.1) is 0 Å². The Morgan fingerprint density at radius 2 is 1.46 bits per heavy atom. The van der Waals surface area contributed by atoms with Gasteiger partial charge in [0.1, 0.15) is 17.7 Å². The maximum absolute atomic E-state index is 13.1. The summed E-state index contributed by atoms with van der Waals surface area (Å²) in [5.41, 5.74) is 6.13. The van der Waals surface area contributed by atoms with Crippen molar-refractivity contribution in [2.75, 3.05) is 0 Å². The molecule has 0 bridgehead atoms. The Balaban J connectivity index is 1.90. The van der Waals surface area contributed by atoms with Gasteiger partial charge >= 0.3 is 0 Å². The number of aryl methyl sites for hydroxylation is 1. The molecule has 0 aliphatic rings. The number of halogens is 1. The number of rotatable bonds is 2. The molecule has 0 spiro atoms. The highest BCUT2D eigenvalue weighted by atomic mass is 19.1. The van der Waals surface area contributed by atoms with Crippen molar-refractivity contribution in [2.24, 2.45) is 0 Å². The summed E-state index contributed by atoms with van der Waals surface area (Å²) in [5.74, 6) is -0.261. The summed E-state index contributed by atoms with van der Waals surface area (Å²) in [7, 11) is 0. The molecule has 4 heteroatoms. The molecule has 0 aliphatic heterocycles. The molecule has 0 aliphatic carbocycles. The Bertz CT molecular complexity index is 1010. The maximum atomic E-state index is 13.1. The van der Waals surface area contributed by atoms with Crippen LogP contribution in [0.2, 0.25) is 0 Å². The Morgan fingerprint density at radius 1 is 0.750 bits per heavy atom. The lowest BCUT2D eigenvalue weighted by molar-refractivity contribution is 0.628. The second kappa shape index (κ2) is 5.81. The van der Waals surface area contributed by atoms with Crippen LogP contribution >= 0.6 is 0 Å². The van der Waals surface area contributed by atoms with E-state index >= 15 is 0 Å². The average Bonchev–Trinajstić information content (AvgIpc) is 2.62. The van der Waals surface area contributed by atoms with Gasteiger partial charge in [-0.2, -0.15) is 0 Å². The third-order valence-corrected chi connectivity index (χ3v) is 3.95. The number of pyridine rings is 1. The van der Waals surface area contributed by atoms with Crippen LogP contribution in [0.3, 0.4) is 0 Å². The number of fused-ring (bicyclic) bond motifs is 1. The second-order valence-corrected chi connectivity index (χ2v) is 5.66. The predicted octanol–water partition coefficient (Wildman–Crippen LogP) is 4.81. The Morgan fingerprint density at radius 3 is 2.21 bits per heavy atom. The molecule has 0 fully saturated rings. The van der Waals surface area contributed by atoms with E-state index in [0.717, 1.165) is 33.5 Å². The van der Waals surface area contributed by atoms with Crippen molar-refractivity contribution < 1.29 is 4.39 Å². The third-order valence-electron chi connectivity index (χ3n) is 3.95. The first-order chi connectivity index (χ1) is 11.7. The first kappa shape index (κ1) is 14.5. The van der Waals surface area contributed by atoms with Crippen molar-refractivity contribution in [3.63, 3.8) is 0 Å². The molecule has 116 valence electrons. The minimum absolute atomic E-state index is 0.261. The van der Waals surface area contributed by atoms with Gasteiger partial charge in [0.2, 0.25) is 0 Å². The molecule has 0 N–H and O–H groups in total. The van der Waals surface area contributed by atoms with E-state index in [9.17, 15) is 4.39 Å². The summed E-state index contributed by atoms with van der Waals surface area (Å²) < 4.78 is 13.1. The number of nitrogens with zero attached hydrogens (tertiary/aromatic N) is 3. The summed E-state index contributed by atoms with van der Waals surface area (Å²) in [6.07, 6.45) is 1.55. The highest BCUT2D eigenvalue weighted by Crippen LogP contribution is 2.27. The van der Waals surface area contributed by atoms with Gasteiger partial charge in [0.25, 0.3) is 0 Å². The molecule has 0 atom stereocenters. The van der Waals surface area contributed by atoms with Crippen molar-refractivity contribution in [1.29, 1.82) is 0 Å². The smallest absolute Gasteiger partial charge is 0.123 e. The van der Waals surface area contributed by atoms with Crippen LogP contribution in [-0.2, 0) is 0 Å². The van der Waals surface area contributed by atoms with Crippen LogP contribution in [0.4, 0.5) is 4.39 Å². The van der Waals surface area contributed by atoms with Crippen molar-refractivity contribution in [3.05, 3.63) is 78.4 Å². The van der Waals surface area contributed by atoms with Crippen LogP contribution in [-0.4, -0.2) is 15.0 Å². The standard InChI is InChI=1S/C20H14FN3/c1-13-2-4-15(5-3-13)19-20-18(22-12-23-19)11-10-17(24-20)14-6-8-16(21)9-7-14/h2-12H,1H3. The Kier molecular flexibility index (Phi) is 3.50. The molecule has 2 heterocycles. The van der Waals surface area contributed by atoms with Crippen LogP contribution in [0.1, 0.15) is 5.56 Å². The van der Waals surface area contributed by atoms with Crippen molar-refractivity contribution >= 4 is 11.0 Å². The van der Waals surface area contributed by atoms with Crippen LogP contribution < -0.4 is 0 Å². The Labute approximate surface area is 138 Å². The lowest BCUT2D eigenvalue weighted by Gasteiger charge is -2.07. The molecule has 0 saturated heterocycles. The quantitative estimate of drug-likeness (QED) is 0.533. The molecule has 0 amide bonds. The summed E-state index contributed by atoms with van der Waals surface area (Å²) in [4.78, 5) is 13.4. The van der Waals surface area contributed by atoms with Gasteiger partial charge in [-0.3, -0.25) is 0 Å². The molecule has 0 saturated carbocycles. The number of aromatic nitrogens is 3. The highest BCUT2D eigenvalue weighted by Gasteiger charge is 2.10. The van der Waals surface area contributed by atoms with Gasteiger partial charge in [0, 0.05) is 11.1 Å². The number of benzene rings is 2. The van der Waals surface area contributed by atoms with Gasteiger partial charge in [-0.25, -0.2) is 19.3 Å². The molecular formula is C20H14FN3. The molecule has 24 heavy (non-hydrogen) atoms. The van der Waals surface area contributed by atoms with Crippen molar-refractivity contribution in [1.82, 2.24) is 15.0 Å². The summed E-state index contributed by atoms with van der Waals surface area (Å²) in [6, 6.07) is 18.3. The van der Waals surface area contributed by atoms with Crippen molar-refractivity contribution in [3.8, 4) is 22.5 Å². The maximum Gasteiger partial charge on any atom is 0.123 e. The topological polar surface area (TPSA) is 38.7 Å². The monoisotopic (exact) mass is 315 g/mol. The van der Waals surface area contributed by atoms with Crippen LogP contribution in [0, 0.1) is 12.7 Å². The molecule has 2 aromatic carbocycles. The molecule has 3 nitrogen and oxygen atoms in total. The molecule has 0 radical (unpaired) electrons. The van der Waals surface area contributed by atoms with E-state index in [1.165, 1.54) is 17.7 Å². The molecule has 2 aromatic heterocycles. The molecule has 0 unspecified atom stereocenters. The fraction of sp³-hybridized carbons (Fsp3) is 0.0500. The third kappa shape index (κ3) is 2.63. The number of hydrogen-bond acceptors (Lipinski definition) is 3. The van der Waals surface area contributed by atoms with Gasteiger partial charge in [-0.1, -0.05) is 29.8 Å². The minimum atomic E-state index is -0.261. The normalized spacial score (nSPS) is 10.9. The van der Waals surface area contributed by atoms with Gasteiger partial charge < -0.3 is 0 Å². The van der Waals surface area contributed by atoms with Gasteiger partial charge in [0.05, 0.1) is 16.9 Å². The van der Waals surface area contributed by atoms with Gasteiger partial charge in [-0.05, 0) is 43.3 Å². The fourth-order valence-corrected chi connectivity index (χ4v) is 2.64. The minimum Gasteiger partial charge on any atom is -0.244 e. The molecular weight excluding hydrogens is 301 g/mol. The lowest BCUT2D eigenvalue weighted by atomic mass is 10.1. The number of hydrogen-bond donors (Lipinski definition) is 0. The van der Waals surface area contributed by atoms with E-state index < -0.39 is 0 Å². The summed E-state index contributed by atoms with van der Waals surface area (Å²) >= 11 is 0. The van der Waals surface area contributed by atoms with E-state index in [-0.39, 0.29) is 5.82 Å². The fourth-order valence-electron chi connectivity index (χ4n) is 2.64. The van der Waals surface area contributed by atoms with Crippen LogP contribution in [0.25, 0.3) is 33.5 Å². The average molecular weight is 315 g/mol. The van der Waals surface area contributed by atoms with Crippen molar-refractivity contribution in [2.45, 2.75) is 6.92 Å². The van der Waals surface area contributed by atoms with E-state index in [1.807, 2.05) is 43.3 Å². The predicted molar refractivity (Wildman–Crippen MR) is 92.9 cm³/mol. The van der Waals surface area contributed by atoms with E-state index in [2.05, 4.69) is 9.97 Å².